The van der Waals surface area contributed by atoms with Gasteiger partial charge >= 0.3 is 0 Å². The zero-order chi connectivity index (χ0) is 10.7. The van der Waals surface area contributed by atoms with E-state index in [4.69, 9.17) is 0 Å². The normalized spacial score (nSPS) is 10.3. The smallest absolute Gasteiger partial charge is 0.00756 e. The highest BCUT2D eigenvalue weighted by Gasteiger charge is 2.00. The van der Waals surface area contributed by atoms with Crippen LogP contribution in [0.3, 0.4) is 0 Å². The van der Waals surface area contributed by atoms with Gasteiger partial charge in [0.25, 0.3) is 0 Å². The van der Waals surface area contributed by atoms with Crippen molar-refractivity contribution < 1.29 is 0 Å². The van der Waals surface area contributed by atoms with Crippen molar-refractivity contribution in [3.63, 3.8) is 0 Å². The summed E-state index contributed by atoms with van der Waals surface area (Å²) < 4.78 is 0. The third kappa shape index (κ3) is 2.63. The van der Waals surface area contributed by atoms with Crippen LogP contribution in [0.2, 0.25) is 0 Å². The van der Waals surface area contributed by atoms with Crippen molar-refractivity contribution in [2.24, 2.45) is 0 Å². The topological polar surface area (TPSA) is 0 Å². The molecule has 0 atom stereocenters. The molecule has 0 amide bonds. The van der Waals surface area contributed by atoms with E-state index in [0.29, 0.717) is 0 Å². The maximum atomic E-state index is 4.48. The number of aryl methyl sites for hydroxylation is 1. The van der Waals surface area contributed by atoms with Crippen LogP contribution >= 0.6 is 12.6 Å². The summed E-state index contributed by atoms with van der Waals surface area (Å²) in [7, 11) is 0. The van der Waals surface area contributed by atoms with Crippen LogP contribution in [0.1, 0.15) is 16.7 Å². The lowest BCUT2D eigenvalue weighted by atomic mass is 10.0. The second-order valence-electron chi connectivity index (χ2n) is 3.79. The van der Waals surface area contributed by atoms with Gasteiger partial charge in [0.1, 0.15) is 0 Å². The molecule has 0 radical (unpaired) electrons. The fourth-order valence-corrected chi connectivity index (χ4v) is 1.89. The van der Waals surface area contributed by atoms with E-state index in [2.05, 4.69) is 62.0 Å². The molecule has 2 aromatic rings. The van der Waals surface area contributed by atoms with Crippen molar-refractivity contribution in [3.8, 4) is 0 Å². The maximum absolute atomic E-state index is 4.48. The lowest BCUT2D eigenvalue weighted by Gasteiger charge is -2.06. The van der Waals surface area contributed by atoms with Gasteiger partial charge in [-0.1, -0.05) is 48.0 Å². The molecule has 0 bridgehead atoms. The molecule has 2 rings (SSSR count). The highest BCUT2D eigenvalue weighted by atomic mass is 32.1. The third-order valence-corrected chi connectivity index (χ3v) is 2.91. The molecule has 0 saturated heterocycles. The summed E-state index contributed by atoms with van der Waals surface area (Å²) in [5.74, 6) is 0. The van der Waals surface area contributed by atoms with Gasteiger partial charge in [0.2, 0.25) is 0 Å². The molecule has 0 fully saturated rings. The van der Waals surface area contributed by atoms with Gasteiger partial charge in [-0.15, -0.1) is 12.6 Å². The van der Waals surface area contributed by atoms with Crippen molar-refractivity contribution >= 4 is 12.6 Å². The fourth-order valence-electron chi connectivity index (χ4n) is 1.67. The molecular weight excluding hydrogens is 200 g/mol. The minimum atomic E-state index is 0.960. The first-order chi connectivity index (χ1) is 7.25. The van der Waals surface area contributed by atoms with Gasteiger partial charge in [0.05, 0.1) is 0 Å². The highest BCUT2D eigenvalue weighted by molar-refractivity contribution is 7.80. The highest BCUT2D eigenvalue weighted by Crippen LogP contribution is 2.19. The summed E-state index contributed by atoms with van der Waals surface area (Å²) in [5, 5.41) is 0. The summed E-state index contributed by atoms with van der Waals surface area (Å²) in [6.07, 6.45) is 0.960. The molecule has 0 N–H and O–H groups in total. The molecule has 0 nitrogen and oxygen atoms in total. The third-order valence-electron chi connectivity index (χ3n) is 2.47. The zero-order valence-electron chi connectivity index (χ0n) is 8.77. The molecule has 0 aliphatic heterocycles. The molecule has 0 aromatic heterocycles. The Morgan fingerprint density at radius 1 is 1.00 bits per heavy atom. The minimum Gasteiger partial charge on any atom is -0.143 e. The molecule has 0 aliphatic rings. The molecule has 76 valence electrons. The number of benzene rings is 2. The van der Waals surface area contributed by atoms with Crippen molar-refractivity contribution in [1.82, 2.24) is 0 Å². The van der Waals surface area contributed by atoms with Crippen LogP contribution in [-0.4, -0.2) is 0 Å². The minimum absolute atomic E-state index is 0.960. The van der Waals surface area contributed by atoms with E-state index >= 15 is 0 Å². The van der Waals surface area contributed by atoms with Crippen molar-refractivity contribution in [3.05, 3.63) is 65.2 Å². The lowest BCUT2D eigenvalue weighted by Crippen LogP contribution is -1.90. The summed E-state index contributed by atoms with van der Waals surface area (Å²) in [6, 6.07) is 16.8. The Morgan fingerprint density at radius 2 is 1.73 bits per heavy atom. The first-order valence-corrected chi connectivity index (χ1v) is 5.53. The van der Waals surface area contributed by atoms with Crippen LogP contribution < -0.4 is 0 Å². The van der Waals surface area contributed by atoms with Crippen molar-refractivity contribution in [2.45, 2.75) is 18.2 Å². The monoisotopic (exact) mass is 214 g/mol. The largest absolute Gasteiger partial charge is 0.143 e. The molecule has 0 unspecified atom stereocenters. The summed E-state index contributed by atoms with van der Waals surface area (Å²) in [4.78, 5) is 1.07. The van der Waals surface area contributed by atoms with E-state index in [-0.39, 0.29) is 0 Å². The molecule has 15 heavy (non-hydrogen) atoms. The average Bonchev–Trinajstić information content (AvgIpc) is 2.25. The summed E-state index contributed by atoms with van der Waals surface area (Å²) >= 11 is 4.48. The molecule has 1 heteroatoms. The molecule has 0 spiro atoms. The van der Waals surface area contributed by atoms with Gasteiger partial charge in [-0.2, -0.15) is 0 Å². The standard InChI is InChI=1S/C14H14S/c1-11-7-8-14(15)13(9-11)10-12-5-3-2-4-6-12/h2-9,15H,10H2,1H3. The molecular formula is C14H14S. The molecule has 0 aliphatic carbocycles. The van der Waals surface area contributed by atoms with Gasteiger partial charge in [-0.25, -0.2) is 0 Å². The van der Waals surface area contributed by atoms with E-state index in [1.807, 2.05) is 6.07 Å². The molecule has 2 aromatic carbocycles. The van der Waals surface area contributed by atoms with E-state index in [1.54, 1.807) is 0 Å². The number of thiol groups is 1. The SMILES string of the molecule is Cc1ccc(S)c(Cc2ccccc2)c1. The zero-order valence-corrected chi connectivity index (χ0v) is 9.67. The van der Waals surface area contributed by atoms with Gasteiger partial charge in [-0.05, 0) is 30.5 Å². The Labute approximate surface area is 96.4 Å². The van der Waals surface area contributed by atoms with E-state index < -0.39 is 0 Å². The maximum Gasteiger partial charge on any atom is 0.00756 e. The van der Waals surface area contributed by atoms with E-state index in [9.17, 15) is 0 Å². The van der Waals surface area contributed by atoms with Crippen molar-refractivity contribution in [1.29, 1.82) is 0 Å². The Bertz CT molecular complexity index is 446. The van der Waals surface area contributed by atoms with Crippen LogP contribution in [0.15, 0.2) is 53.4 Å². The van der Waals surface area contributed by atoms with Gasteiger partial charge in [0, 0.05) is 4.90 Å². The Morgan fingerprint density at radius 3 is 2.47 bits per heavy atom. The molecule has 0 heterocycles. The Hall–Kier alpha value is -1.21. The first kappa shape index (κ1) is 10.3. The Kier molecular flexibility index (Phi) is 3.12. The van der Waals surface area contributed by atoms with Crippen LogP contribution in [0.25, 0.3) is 0 Å². The second-order valence-corrected chi connectivity index (χ2v) is 4.28. The lowest BCUT2D eigenvalue weighted by molar-refractivity contribution is 1.12. The van der Waals surface area contributed by atoms with Gasteiger partial charge in [0.15, 0.2) is 0 Å². The predicted octanol–water partition coefficient (Wildman–Crippen LogP) is 3.87. The van der Waals surface area contributed by atoms with E-state index in [0.717, 1.165) is 11.3 Å². The summed E-state index contributed by atoms with van der Waals surface area (Å²) in [6.45, 7) is 2.11. The quantitative estimate of drug-likeness (QED) is 0.721. The molecule has 0 saturated carbocycles. The van der Waals surface area contributed by atoms with Crippen LogP contribution in [0.4, 0.5) is 0 Å². The number of hydrogen-bond donors (Lipinski definition) is 1. The van der Waals surface area contributed by atoms with E-state index in [1.165, 1.54) is 16.7 Å². The average molecular weight is 214 g/mol. The van der Waals surface area contributed by atoms with Gasteiger partial charge in [-0.3, -0.25) is 0 Å². The second kappa shape index (κ2) is 4.54. The van der Waals surface area contributed by atoms with Crippen LogP contribution in [-0.2, 0) is 6.42 Å². The van der Waals surface area contributed by atoms with Crippen LogP contribution in [0.5, 0.6) is 0 Å². The van der Waals surface area contributed by atoms with Crippen LogP contribution in [0, 0.1) is 6.92 Å². The Balaban J connectivity index is 2.28. The number of rotatable bonds is 2. The first-order valence-electron chi connectivity index (χ1n) is 5.08. The van der Waals surface area contributed by atoms with Gasteiger partial charge < -0.3 is 0 Å². The predicted molar refractivity (Wildman–Crippen MR) is 67.7 cm³/mol. The fraction of sp³-hybridized carbons (Fsp3) is 0.143. The number of hydrogen-bond acceptors (Lipinski definition) is 1. The summed E-state index contributed by atoms with van der Waals surface area (Å²) in [5.41, 5.74) is 3.92. The van der Waals surface area contributed by atoms with Crippen molar-refractivity contribution in [2.75, 3.05) is 0 Å².